The first kappa shape index (κ1) is 22.1. The zero-order valence-corrected chi connectivity index (χ0v) is 18.0. The molecule has 28 heavy (non-hydrogen) atoms. The number of nitrogens with one attached hydrogen (secondary N) is 1. The van der Waals surface area contributed by atoms with E-state index in [9.17, 15) is 14.7 Å². The quantitative estimate of drug-likeness (QED) is 0.598. The Balaban J connectivity index is 1.95. The molecule has 1 atom stereocenters. The predicted octanol–water partition coefficient (Wildman–Crippen LogP) is 4.79. The van der Waals surface area contributed by atoms with Crippen LogP contribution in [-0.4, -0.2) is 28.8 Å². The highest BCUT2D eigenvalue weighted by molar-refractivity contribution is 9.10. The van der Waals surface area contributed by atoms with E-state index in [0.717, 1.165) is 4.47 Å². The largest absolute Gasteiger partial charge is 0.484 e. The smallest absolute Gasteiger partial charge is 0.408 e. The van der Waals surface area contributed by atoms with Crippen LogP contribution in [0, 0.1) is 0 Å². The van der Waals surface area contributed by atoms with E-state index >= 15 is 0 Å². The standard InChI is InChI=1S/C19H21BrClNO6/c1-19(2,3)28-18(25)22-15(17(23)24)9-12-5-6-13(27-12)10-26-16-7-4-11(20)8-14(16)21/h4-8,15H,9-10H2,1-3H3,(H,22,25)(H,23,24). The SMILES string of the molecule is CC(C)(C)OC(=O)NC(Cc1ccc(COc2ccc(Br)cc2Cl)o1)C(=O)O. The molecule has 0 radical (unpaired) electrons. The summed E-state index contributed by atoms with van der Waals surface area (Å²) in [5.41, 5.74) is -0.726. The molecule has 0 spiro atoms. The first-order chi connectivity index (χ1) is 13.0. The van der Waals surface area contributed by atoms with Crippen molar-refractivity contribution in [2.75, 3.05) is 0 Å². The molecule has 1 heterocycles. The summed E-state index contributed by atoms with van der Waals surface area (Å²) in [7, 11) is 0. The maximum absolute atomic E-state index is 11.8. The molecule has 2 aromatic rings. The van der Waals surface area contributed by atoms with Crippen molar-refractivity contribution >= 4 is 39.6 Å². The molecule has 7 nitrogen and oxygen atoms in total. The van der Waals surface area contributed by atoms with Crippen LogP contribution in [-0.2, 0) is 22.6 Å². The number of furan rings is 1. The minimum absolute atomic E-state index is 0.0341. The van der Waals surface area contributed by atoms with Crippen LogP contribution in [0.5, 0.6) is 5.75 Å². The Morgan fingerprint density at radius 3 is 2.54 bits per heavy atom. The summed E-state index contributed by atoms with van der Waals surface area (Å²) in [6.07, 6.45) is -0.840. The summed E-state index contributed by atoms with van der Waals surface area (Å²) in [5, 5.41) is 12.1. The van der Waals surface area contributed by atoms with Crippen molar-refractivity contribution < 1.29 is 28.6 Å². The van der Waals surface area contributed by atoms with Crippen molar-refractivity contribution in [3.05, 3.63) is 51.3 Å². The minimum atomic E-state index is -1.19. The van der Waals surface area contributed by atoms with Gasteiger partial charge in [-0.15, -0.1) is 0 Å². The van der Waals surface area contributed by atoms with E-state index < -0.39 is 23.7 Å². The van der Waals surface area contributed by atoms with E-state index in [1.807, 2.05) is 0 Å². The number of hydrogen-bond donors (Lipinski definition) is 2. The van der Waals surface area contributed by atoms with Crippen LogP contribution in [0.1, 0.15) is 32.3 Å². The molecule has 2 N–H and O–H groups in total. The van der Waals surface area contributed by atoms with Gasteiger partial charge in [-0.3, -0.25) is 0 Å². The highest BCUT2D eigenvalue weighted by atomic mass is 79.9. The second kappa shape index (κ2) is 9.34. The predicted molar refractivity (Wildman–Crippen MR) is 107 cm³/mol. The number of rotatable bonds is 7. The van der Waals surface area contributed by atoms with Crippen molar-refractivity contribution in [2.45, 2.75) is 45.4 Å². The van der Waals surface area contributed by atoms with Crippen molar-refractivity contribution in [2.24, 2.45) is 0 Å². The maximum atomic E-state index is 11.8. The van der Waals surface area contributed by atoms with Gasteiger partial charge >= 0.3 is 12.1 Å². The summed E-state index contributed by atoms with van der Waals surface area (Å²) in [5.74, 6) is 0.193. The molecule has 0 aliphatic carbocycles. The van der Waals surface area contributed by atoms with Crippen LogP contribution in [0.2, 0.25) is 5.02 Å². The fraction of sp³-hybridized carbons (Fsp3) is 0.368. The highest BCUT2D eigenvalue weighted by Gasteiger charge is 2.25. The van der Waals surface area contributed by atoms with Crippen LogP contribution >= 0.6 is 27.5 Å². The Labute approximate surface area is 176 Å². The van der Waals surface area contributed by atoms with Gasteiger partial charge in [0.2, 0.25) is 0 Å². The van der Waals surface area contributed by atoms with E-state index in [1.165, 1.54) is 0 Å². The molecule has 0 saturated heterocycles. The normalized spacial score (nSPS) is 12.3. The van der Waals surface area contributed by atoms with Crippen LogP contribution in [0.4, 0.5) is 4.79 Å². The Morgan fingerprint density at radius 2 is 1.93 bits per heavy atom. The molecule has 0 fully saturated rings. The molecule has 1 aromatic carbocycles. The summed E-state index contributed by atoms with van der Waals surface area (Å²) >= 11 is 9.41. The Kier molecular flexibility index (Phi) is 7.37. The van der Waals surface area contributed by atoms with Gasteiger partial charge in [0.15, 0.2) is 0 Å². The monoisotopic (exact) mass is 473 g/mol. The zero-order chi connectivity index (χ0) is 20.9. The molecule has 1 aromatic heterocycles. The lowest BCUT2D eigenvalue weighted by Crippen LogP contribution is -2.44. The van der Waals surface area contributed by atoms with E-state index in [-0.39, 0.29) is 13.0 Å². The number of halogens is 2. The molecular weight excluding hydrogens is 454 g/mol. The zero-order valence-electron chi connectivity index (χ0n) is 15.6. The number of benzene rings is 1. The molecule has 0 aliphatic rings. The Morgan fingerprint density at radius 1 is 1.25 bits per heavy atom. The summed E-state index contributed by atoms with van der Waals surface area (Å²) < 4.78 is 17.1. The van der Waals surface area contributed by atoms with E-state index in [0.29, 0.717) is 22.3 Å². The van der Waals surface area contributed by atoms with Crippen LogP contribution < -0.4 is 10.1 Å². The van der Waals surface area contributed by atoms with Crippen LogP contribution in [0.25, 0.3) is 0 Å². The van der Waals surface area contributed by atoms with E-state index in [1.54, 1.807) is 51.1 Å². The fourth-order valence-corrected chi connectivity index (χ4v) is 2.93. The molecule has 1 amide bonds. The average molecular weight is 475 g/mol. The van der Waals surface area contributed by atoms with Gasteiger partial charge in [-0.05, 0) is 51.1 Å². The van der Waals surface area contributed by atoms with Gasteiger partial charge in [-0.1, -0.05) is 27.5 Å². The summed E-state index contributed by atoms with van der Waals surface area (Å²) in [4.78, 5) is 23.3. The molecule has 1 unspecified atom stereocenters. The van der Waals surface area contributed by atoms with Gasteiger partial charge in [0.1, 0.15) is 35.5 Å². The molecule has 9 heteroatoms. The lowest BCUT2D eigenvalue weighted by atomic mass is 10.1. The third kappa shape index (κ3) is 7.09. The third-order valence-corrected chi connectivity index (χ3v) is 4.16. The summed E-state index contributed by atoms with van der Waals surface area (Å²) in [6, 6.07) is 7.36. The number of carboxylic acids is 1. The second-order valence-corrected chi connectivity index (χ2v) is 8.30. The van der Waals surface area contributed by atoms with Gasteiger partial charge in [0.25, 0.3) is 0 Å². The van der Waals surface area contributed by atoms with Crippen LogP contribution in [0.3, 0.4) is 0 Å². The van der Waals surface area contributed by atoms with Crippen molar-refractivity contribution in [3.8, 4) is 5.75 Å². The van der Waals surface area contributed by atoms with Gasteiger partial charge in [0.05, 0.1) is 5.02 Å². The summed E-state index contributed by atoms with van der Waals surface area (Å²) in [6.45, 7) is 5.20. The lowest BCUT2D eigenvalue weighted by molar-refractivity contribution is -0.139. The highest BCUT2D eigenvalue weighted by Crippen LogP contribution is 2.28. The molecule has 152 valence electrons. The number of aliphatic carboxylic acids is 1. The van der Waals surface area contributed by atoms with Crippen molar-refractivity contribution in [3.63, 3.8) is 0 Å². The molecule has 0 bridgehead atoms. The number of alkyl carbamates (subject to hydrolysis) is 1. The number of hydrogen-bond acceptors (Lipinski definition) is 5. The minimum Gasteiger partial charge on any atom is -0.484 e. The Bertz CT molecular complexity index is 845. The van der Waals surface area contributed by atoms with Gasteiger partial charge in [0, 0.05) is 10.9 Å². The third-order valence-electron chi connectivity index (χ3n) is 3.38. The Hall–Kier alpha value is -2.19. The van der Waals surface area contributed by atoms with Gasteiger partial charge in [-0.2, -0.15) is 0 Å². The van der Waals surface area contributed by atoms with Crippen molar-refractivity contribution in [1.82, 2.24) is 5.32 Å². The molecular formula is C19H21BrClNO6. The topological polar surface area (TPSA) is 98.0 Å². The first-order valence-electron chi connectivity index (χ1n) is 8.41. The average Bonchev–Trinajstić information content (AvgIpc) is 2.99. The molecule has 2 rings (SSSR count). The van der Waals surface area contributed by atoms with Crippen molar-refractivity contribution in [1.29, 1.82) is 0 Å². The number of ether oxygens (including phenoxy) is 2. The first-order valence-corrected chi connectivity index (χ1v) is 9.58. The molecule has 0 aliphatic heterocycles. The van der Waals surface area contributed by atoms with Gasteiger partial charge in [-0.25, -0.2) is 9.59 Å². The van der Waals surface area contributed by atoms with E-state index in [2.05, 4.69) is 21.2 Å². The maximum Gasteiger partial charge on any atom is 0.408 e. The van der Waals surface area contributed by atoms with E-state index in [4.69, 9.17) is 25.5 Å². The number of carbonyl (C=O) groups excluding carboxylic acids is 1. The number of carbonyl (C=O) groups is 2. The fourth-order valence-electron chi connectivity index (χ4n) is 2.20. The number of amides is 1. The van der Waals surface area contributed by atoms with Gasteiger partial charge < -0.3 is 24.3 Å². The van der Waals surface area contributed by atoms with Crippen LogP contribution in [0.15, 0.2) is 39.2 Å². The lowest BCUT2D eigenvalue weighted by Gasteiger charge is -2.21. The second-order valence-electron chi connectivity index (χ2n) is 6.97. The number of carboxylic acid groups (broad SMARTS) is 1. The molecule has 0 saturated carbocycles.